The molecule has 1 amide bonds. The van der Waals surface area contributed by atoms with Crippen molar-refractivity contribution in [2.75, 3.05) is 39.3 Å². The van der Waals surface area contributed by atoms with E-state index in [-0.39, 0.29) is 11.7 Å². The molecule has 3 rings (SSSR count). The summed E-state index contributed by atoms with van der Waals surface area (Å²) in [5, 5.41) is 0. The summed E-state index contributed by atoms with van der Waals surface area (Å²) in [4.78, 5) is 16.8. The lowest BCUT2D eigenvalue weighted by atomic mass is 9.98. The first-order valence-electron chi connectivity index (χ1n) is 9.09. The average Bonchev–Trinajstić information content (AvgIpc) is 3.12. The number of halogens is 1. The van der Waals surface area contributed by atoms with Crippen LogP contribution in [0.1, 0.15) is 32.1 Å². The largest absolute Gasteiger partial charge is 0.493 e. The van der Waals surface area contributed by atoms with E-state index in [0.717, 1.165) is 45.6 Å². The maximum absolute atomic E-state index is 13.2. The molecular weight excluding hydrogens is 307 g/mol. The Hall–Kier alpha value is -1.62. The van der Waals surface area contributed by atoms with E-state index in [4.69, 9.17) is 4.74 Å². The number of hydrogen-bond donors (Lipinski definition) is 0. The number of amides is 1. The van der Waals surface area contributed by atoms with Crippen molar-refractivity contribution in [3.05, 3.63) is 30.1 Å². The van der Waals surface area contributed by atoms with Gasteiger partial charge in [-0.3, -0.25) is 4.79 Å². The number of carbonyl (C=O) groups is 1. The molecule has 2 aliphatic rings. The molecule has 1 aromatic carbocycles. The minimum atomic E-state index is -0.283. The fourth-order valence-electron chi connectivity index (χ4n) is 3.62. The zero-order valence-electron chi connectivity index (χ0n) is 14.3. The van der Waals surface area contributed by atoms with E-state index >= 15 is 0 Å². The second-order valence-electron chi connectivity index (χ2n) is 6.92. The van der Waals surface area contributed by atoms with Crippen molar-refractivity contribution in [1.82, 2.24) is 9.80 Å². The zero-order valence-corrected chi connectivity index (χ0v) is 14.3. The van der Waals surface area contributed by atoms with Gasteiger partial charge in [0.25, 0.3) is 0 Å². The van der Waals surface area contributed by atoms with E-state index in [2.05, 4.69) is 4.90 Å². The average molecular weight is 334 g/mol. The smallest absolute Gasteiger partial charge is 0.223 e. The second-order valence-corrected chi connectivity index (χ2v) is 6.92. The van der Waals surface area contributed by atoms with Crippen molar-refractivity contribution in [3.63, 3.8) is 0 Å². The molecule has 0 radical (unpaired) electrons. The fraction of sp³-hybridized carbons (Fsp3) is 0.632. The zero-order chi connectivity index (χ0) is 16.8. The van der Waals surface area contributed by atoms with Crippen molar-refractivity contribution >= 4 is 5.91 Å². The number of piperidine rings is 1. The second kappa shape index (κ2) is 8.47. The van der Waals surface area contributed by atoms with E-state index in [1.165, 1.54) is 25.0 Å². The quantitative estimate of drug-likeness (QED) is 0.802. The molecule has 1 aromatic rings. The number of ether oxygens (including phenoxy) is 1. The standard InChI is InChI=1S/C19H27FN2O2/c20-17-6-3-7-18(13-17)24-15-16-5-4-11-22(14-16)19(23)8-12-21-9-1-2-10-21/h3,6-7,13,16H,1-2,4-5,8-12,14-15H2/t16-/m0/s1. The summed E-state index contributed by atoms with van der Waals surface area (Å²) >= 11 is 0. The molecule has 0 bridgehead atoms. The van der Waals surface area contributed by atoms with E-state index in [1.807, 2.05) is 4.90 Å². The van der Waals surface area contributed by atoms with Crippen LogP contribution in [0.4, 0.5) is 4.39 Å². The predicted molar refractivity (Wildman–Crippen MR) is 91.5 cm³/mol. The van der Waals surface area contributed by atoms with Crippen LogP contribution in [0.15, 0.2) is 24.3 Å². The molecule has 2 heterocycles. The van der Waals surface area contributed by atoms with Gasteiger partial charge in [-0.15, -0.1) is 0 Å². The van der Waals surface area contributed by atoms with Crippen LogP contribution in [0.2, 0.25) is 0 Å². The lowest BCUT2D eigenvalue weighted by Crippen LogP contribution is -2.42. The first-order valence-corrected chi connectivity index (χ1v) is 9.09. The van der Waals surface area contributed by atoms with Gasteiger partial charge in [0, 0.05) is 38.0 Å². The molecule has 1 atom stereocenters. The Kier molecular flexibility index (Phi) is 6.07. The number of likely N-dealkylation sites (tertiary alicyclic amines) is 2. The molecule has 0 N–H and O–H groups in total. The normalized spacial score (nSPS) is 21.9. The Morgan fingerprint density at radius 2 is 2.04 bits per heavy atom. The third-order valence-corrected chi connectivity index (χ3v) is 4.99. The minimum Gasteiger partial charge on any atom is -0.493 e. The summed E-state index contributed by atoms with van der Waals surface area (Å²) < 4.78 is 18.9. The number of rotatable bonds is 6. The van der Waals surface area contributed by atoms with Gasteiger partial charge in [0.2, 0.25) is 5.91 Å². The number of carbonyl (C=O) groups excluding carboxylic acids is 1. The Morgan fingerprint density at radius 3 is 2.83 bits per heavy atom. The lowest BCUT2D eigenvalue weighted by molar-refractivity contribution is -0.133. The fourth-order valence-corrected chi connectivity index (χ4v) is 3.62. The van der Waals surface area contributed by atoms with Gasteiger partial charge in [-0.25, -0.2) is 4.39 Å². The Balaban J connectivity index is 1.42. The Morgan fingerprint density at radius 1 is 1.21 bits per heavy atom. The van der Waals surface area contributed by atoms with Gasteiger partial charge in [-0.2, -0.15) is 0 Å². The van der Waals surface area contributed by atoms with Crippen LogP contribution in [-0.4, -0.2) is 55.0 Å². The van der Waals surface area contributed by atoms with Gasteiger partial charge in [0.1, 0.15) is 11.6 Å². The van der Waals surface area contributed by atoms with Crippen LogP contribution in [0.25, 0.3) is 0 Å². The van der Waals surface area contributed by atoms with Crippen LogP contribution in [0, 0.1) is 11.7 Å². The van der Waals surface area contributed by atoms with Gasteiger partial charge in [0.15, 0.2) is 0 Å². The van der Waals surface area contributed by atoms with Gasteiger partial charge in [-0.05, 0) is 50.9 Å². The first kappa shape index (κ1) is 17.2. The Labute approximate surface area is 143 Å². The van der Waals surface area contributed by atoms with Gasteiger partial charge in [0.05, 0.1) is 6.61 Å². The number of hydrogen-bond acceptors (Lipinski definition) is 3. The van der Waals surface area contributed by atoms with Crippen molar-refractivity contribution in [2.45, 2.75) is 32.1 Å². The third-order valence-electron chi connectivity index (χ3n) is 4.99. The molecule has 0 spiro atoms. The van der Waals surface area contributed by atoms with Gasteiger partial charge >= 0.3 is 0 Å². The van der Waals surface area contributed by atoms with Crippen LogP contribution in [-0.2, 0) is 4.79 Å². The highest BCUT2D eigenvalue weighted by Gasteiger charge is 2.24. The monoisotopic (exact) mass is 334 g/mol. The van der Waals surface area contributed by atoms with Crippen LogP contribution < -0.4 is 4.74 Å². The number of benzene rings is 1. The van der Waals surface area contributed by atoms with E-state index in [9.17, 15) is 9.18 Å². The van der Waals surface area contributed by atoms with Crippen LogP contribution in [0.3, 0.4) is 0 Å². The molecule has 4 nitrogen and oxygen atoms in total. The summed E-state index contributed by atoms with van der Waals surface area (Å²) in [7, 11) is 0. The molecule has 24 heavy (non-hydrogen) atoms. The minimum absolute atomic E-state index is 0.261. The van der Waals surface area contributed by atoms with E-state index in [1.54, 1.807) is 12.1 Å². The van der Waals surface area contributed by atoms with Crippen LogP contribution in [0.5, 0.6) is 5.75 Å². The van der Waals surface area contributed by atoms with Crippen molar-refractivity contribution in [2.24, 2.45) is 5.92 Å². The van der Waals surface area contributed by atoms with E-state index in [0.29, 0.717) is 24.7 Å². The maximum Gasteiger partial charge on any atom is 0.223 e. The van der Waals surface area contributed by atoms with Gasteiger partial charge in [-0.1, -0.05) is 6.07 Å². The first-order chi connectivity index (χ1) is 11.7. The molecule has 132 valence electrons. The van der Waals surface area contributed by atoms with Crippen molar-refractivity contribution in [1.29, 1.82) is 0 Å². The molecule has 5 heteroatoms. The molecule has 0 aromatic heterocycles. The molecule has 2 saturated heterocycles. The highest BCUT2D eigenvalue weighted by atomic mass is 19.1. The SMILES string of the molecule is O=C(CCN1CCCC1)N1CCC[C@H](COc2cccc(F)c2)C1. The topological polar surface area (TPSA) is 32.8 Å². The van der Waals surface area contributed by atoms with Crippen LogP contribution >= 0.6 is 0 Å². The predicted octanol–water partition coefficient (Wildman–Crippen LogP) is 2.93. The Bertz CT molecular complexity index is 546. The summed E-state index contributed by atoms with van der Waals surface area (Å²) in [5.41, 5.74) is 0. The molecule has 0 aliphatic carbocycles. The highest BCUT2D eigenvalue weighted by Crippen LogP contribution is 2.20. The highest BCUT2D eigenvalue weighted by molar-refractivity contribution is 5.76. The summed E-state index contributed by atoms with van der Waals surface area (Å²) in [6, 6.07) is 6.24. The summed E-state index contributed by atoms with van der Waals surface area (Å²) in [6.07, 6.45) is 5.23. The molecule has 2 fully saturated rings. The van der Waals surface area contributed by atoms with Crippen molar-refractivity contribution in [3.8, 4) is 5.75 Å². The third kappa shape index (κ3) is 4.94. The molecular formula is C19H27FN2O2. The van der Waals surface area contributed by atoms with Crippen molar-refractivity contribution < 1.29 is 13.9 Å². The molecule has 0 unspecified atom stereocenters. The number of nitrogens with zero attached hydrogens (tertiary/aromatic N) is 2. The maximum atomic E-state index is 13.2. The molecule has 0 saturated carbocycles. The van der Waals surface area contributed by atoms with Gasteiger partial charge < -0.3 is 14.5 Å². The van der Waals surface area contributed by atoms with E-state index < -0.39 is 0 Å². The molecule has 2 aliphatic heterocycles. The lowest BCUT2D eigenvalue weighted by Gasteiger charge is -2.33. The summed E-state index contributed by atoms with van der Waals surface area (Å²) in [5.74, 6) is 0.873. The summed E-state index contributed by atoms with van der Waals surface area (Å²) in [6.45, 7) is 5.32.